The Hall–Kier alpha value is -3.15. The van der Waals surface area contributed by atoms with Crippen molar-refractivity contribution < 1.29 is 19.1 Å². The number of hydrogen-bond acceptors (Lipinski definition) is 4. The van der Waals surface area contributed by atoms with E-state index in [9.17, 15) is 14.4 Å². The van der Waals surface area contributed by atoms with Crippen LogP contribution in [0.2, 0.25) is 0 Å². The number of carbonyl (C=O) groups is 3. The zero-order valence-electron chi connectivity index (χ0n) is 15.1. The molecule has 0 aliphatic carbocycles. The van der Waals surface area contributed by atoms with Gasteiger partial charge in [-0.15, -0.1) is 0 Å². The second kappa shape index (κ2) is 8.80. The fourth-order valence-electron chi connectivity index (χ4n) is 2.34. The minimum absolute atomic E-state index is 0.0767. The van der Waals surface area contributed by atoms with Gasteiger partial charge in [0.05, 0.1) is 12.7 Å². The van der Waals surface area contributed by atoms with Crippen LogP contribution < -0.4 is 5.32 Å². The molecule has 0 unspecified atom stereocenters. The van der Waals surface area contributed by atoms with Crippen LogP contribution in [0.25, 0.3) is 0 Å². The number of rotatable bonds is 6. The fraction of sp³-hybridized carbons (Fsp3) is 0.250. The van der Waals surface area contributed by atoms with Crippen LogP contribution in [0.3, 0.4) is 0 Å². The Bertz CT molecular complexity index is 798. The van der Waals surface area contributed by atoms with Crippen LogP contribution in [0.5, 0.6) is 0 Å². The van der Waals surface area contributed by atoms with E-state index in [-0.39, 0.29) is 11.8 Å². The summed E-state index contributed by atoms with van der Waals surface area (Å²) >= 11 is 0. The summed E-state index contributed by atoms with van der Waals surface area (Å²) in [6.45, 7) is 0. The molecule has 0 aliphatic heterocycles. The summed E-state index contributed by atoms with van der Waals surface area (Å²) in [7, 11) is 4.76. The Morgan fingerprint density at radius 1 is 1.00 bits per heavy atom. The quantitative estimate of drug-likeness (QED) is 0.810. The van der Waals surface area contributed by atoms with Gasteiger partial charge in [-0.1, -0.05) is 18.2 Å². The van der Waals surface area contributed by atoms with E-state index >= 15 is 0 Å². The number of hydrogen-bond donors (Lipinski definition) is 1. The molecule has 2 amide bonds. The first-order valence-electron chi connectivity index (χ1n) is 8.19. The number of methoxy groups -OCH3 is 1. The largest absolute Gasteiger partial charge is 0.465 e. The van der Waals surface area contributed by atoms with Crippen molar-refractivity contribution >= 4 is 23.5 Å². The zero-order valence-corrected chi connectivity index (χ0v) is 15.1. The molecule has 2 aromatic rings. The van der Waals surface area contributed by atoms with Gasteiger partial charge >= 0.3 is 5.97 Å². The molecule has 0 fully saturated rings. The third-order valence-electron chi connectivity index (χ3n) is 3.88. The maximum Gasteiger partial charge on any atom is 0.337 e. The molecule has 0 aromatic heterocycles. The van der Waals surface area contributed by atoms with E-state index in [2.05, 4.69) is 10.1 Å². The third kappa shape index (κ3) is 5.17. The summed E-state index contributed by atoms with van der Waals surface area (Å²) in [4.78, 5) is 37.1. The normalized spacial score (nSPS) is 10.1. The summed E-state index contributed by atoms with van der Waals surface area (Å²) < 4.78 is 4.66. The topological polar surface area (TPSA) is 75.7 Å². The highest BCUT2D eigenvalue weighted by atomic mass is 16.5. The third-order valence-corrected chi connectivity index (χ3v) is 3.88. The number of nitrogens with zero attached hydrogens (tertiary/aromatic N) is 1. The minimum Gasteiger partial charge on any atom is -0.465 e. The second-order valence-corrected chi connectivity index (χ2v) is 6.01. The van der Waals surface area contributed by atoms with Crippen molar-refractivity contribution in [1.29, 1.82) is 0 Å². The lowest BCUT2D eigenvalue weighted by Crippen LogP contribution is -2.21. The molecule has 2 aromatic carbocycles. The van der Waals surface area contributed by atoms with Crippen molar-refractivity contribution in [2.24, 2.45) is 0 Å². The lowest BCUT2D eigenvalue weighted by Gasteiger charge is -2.10. The lowest BCUT2D eigenvalue weighted by molar-refractivity contribution is -0.128. The Morgan fingerprint density at radius 2 is 1.65 bits per heavy atom. The first kappa shape index (κ1) is 19.2. The Labute approximate surface area is 152 Å². The van der Waals surface area contributed by atoms with Gasteiger partial charge in [-0.2, -0.15) is 0 Å². The molecule has 0 bridgehead atoms. The molecule has 0 heterocycles. The highest BCUT2D eigenvalue weighted by Crippen LogP contribution is 2.14. The van der Waals surface area contributed by atoms with Gasteiger partial charge < -0.3 is 15.0 Å². The van der Waals surface area contributed by atoms with Crippen molar-refractivity contribution in [2.45, 2.75) is 12.8 Å². The molecule has 0 aliphatic rings. The molecule has 6 heteroatoms. The number of nitrogens with one attached hydrogen (secondary N) is 1. The maximum absolute atomic E-state index is 12.3. The van der Waals surface area contributed by atoms with Crippen LogP contribution in [0.15, 0.2) is 48.5 Å². The van der Waals surface area contributed by atoms with Crippen molar-refractivity contribution in [3.8, 4) is 0 Å². The molecular formula is C20H22N2O4. The summed E-state index contributed by atoms with van der Waals surface area (Å²) in [5, 5.41) is 2.79. The first-order valence-corrected chi connectivity index (χ1v) is 8.19. The highest BCUT2D eigenvalue weighted by molar-refractivity contribution is 6.05. The minimum atomic E-state index is -0.490. The second-order valence-electron chi connectivity index (χ2n) is 6.01. The van der Waals surface area contributed by atoms with E-state index in [0.29, 0.717) is 29.7 Å². The van der Waals surface area contributed by atoms with Gasteiger partial charge in [0.15, 0.2) is 0 Å². The van der Waals surface area contributed by atoms with Crippen LogP contribution in [0, 0.1) is 0 Å². The molecule has 2 rings (SSSR count). The van der Waals surface area contributed by atoms with Gasteiger partial charge in [0, 0.05) is 31.8 Å². The van der Waals surface area contributed by atoms with Gasteiger partial charge in [-0.3, -0.25) is 9.59 Å². The molecule has 0 radical (unpaired) electrons. The lowest BCUT2D eigenvalue weighted by atomic mass is 10.1. The summed E-state index contributed by atoms with van der Waals surface area (Å²) in [5.41, 5.74) is 2.35. The number of benzene rings is 2. The van der Waals surface area contributed by atoms with Gasteiger partial charge in [-0.05, 0) is 42.3 Å². The van der Waals surface area contributed by atoms with Crippen LogP contribution >= 0.6 is 0 Å². The van der Waals surface area contributed by atoms with Crippen LogP contribution in [0.1, 0.15) is 32.7 Å². The molecular weight excluding hydrogens is 332 g/mol. The predicted molar refractivity (Wildman–Crippen MR) is 99.2 cm³/mol. The number of ether oxygens (including phenoxy) is 1. The van der Waals surface area contributed by atoms with Crippen molar-refractivity contribution in [1.82, 2.24) is 4.90 Å². The molecule has 0 spiro atoms. The number of anilines is 1. The van der Waals surface area contributed by atoms with Crippen molar-refractivity contribution in [3.05, 3.63) is 65.2 Å². The predicted octanol–water partition coefficient (Wildman–Crippen LogP) is 2.75. The van der Waals surface area contributed by atoms with Crippen molar-refractivity contribution in [2.75, 3.05) is 26.5 Å². The molecule has 0 saturated carbocycles. The van der Waals surface area contributed by atoms with Crippen LogP contribution in [0.4, 0.5) is 5.69 Å². The molecule has 136 valence electrons. The Morgan fingerprint density at radius 3 is 2.27 bits per heavy atom. The fourth-order valence-corrected chi connectivity index (χ4v) is 2.34. The van der Waals surface area contributed by atoms with Gasteiger partial charge in [-0.25, -0.2) is 4.79 Å². The standard InChI is InChI=1S/C20H22N2O4/c1-22(2)18(23)12-9-14-7-10-17(11-8-14)21-19(24)15-5-4-6-16(13-15)20(25)26-3/h4-8,10-11,13H,9,12H2,1-3H3,(H,21,24). The van der Waals surface area contributed by atoms with E-state index in [4.69, 9.17) is 0 Å². The maximum atomic E-state index is 12.3. The van der Waals surface area contributed by atoms with Crippen molar-refractivity contribution in [3.63, 3.8) is 0 Å². The summed E-state index contributed by atoms with van der Waals surface area (Å²) in [6, 6.07) is 13.7. The van der Waals surface area contributed by atoms with Gasteiger partial charge in [0.2, 0.25) is 5.91 Å². The average molecular weight is 354 g/mol. The van der Waals surface area contributed by atoms with E-state index in [0.717, 1.165) is 5.56 Å². The Balaban J connectivity index is 1.99. The molecule has 1 N–H and O–H groups in total. The van der Waals surface area contributed by atoms with E-state index in [1.807, 2.05) is 12.1 Å². The number of carbonyl (C=O) groups excluding carboxylic acids is 3. The molecule has 6 nitrogen and oxygen atoms in total. The SMILES string of the molecule is COC(=O)c1cccc(C(=O)Nc2ccc(CCC(=O)N(C)C)cc2)c1. The molecule has 0 atom stereocenters. The monoisotopic (exact) mass is 354 g/mol. The van der Waals surface area contributed by atoms with Gasteiger partial charge in [0.1, 0.15) is 0 Å². The zero-order chi connectivity index (χ0) is 19.1. The smallest absolute Gasteiger partial charge is 0.337 e. The Kier molecular flexibility index (Phi) is 6.49. The van der Waals surface area contributed by atoms with E-state index < -0.39 is 5.97 Å². The highest BCUT2D eigenvalue weighted by Gasteiger charge is 2.11. The number of amides is 2. The number of esters is 1. The van der Waals surface area contributed by atoms with Gasteiger partial charge in [0.25, 0.3) is 5.91 Å². The molecule has 26 heavy (non-hydrogen) atoms. The van der Waals surface area contributed by atoms with Crippen LogP contribution in [-0.2, 0) is 16.0 Å². The van der Waals surface area contributed by atoms with E-state index in [1.54, 1.807) is 49.3 Å². The molecule has 0 saturated heterocycles. The average Bonchev–Trinajstić information content (AvgIpc) is 2.66. The number of aryl methyl sites for hydroxylation is 1. The first-order chi connectivity index (χ1) is 12.4. The summed E-state index contributed by atoms with van der Waals surface area (Å²) in [6.07, 6.45) is 1.09. The summed E-state index contributed by atoms with van der Waals surface area (Å²) in [5.74, 6) is -0.726. The van der Waals surface area contributed by atoms with Crippen LogP contribution in [-0.4, -0.2) is 43.9 Å². The van der Waals surface area contributed by atoms with E-state index in [1.165, 1.54) is 13.2 Å².